The van der Waals surface area contributed by atoms with Gasteiger partial charge in [-0.1, -0.05) is 23.2 Å². The minimum absolute atomic E-state index is 0.119. The second-order valence-electron chi connectivity index (χ2n) is 8.18. The zero-order valence-electron chi connectivity index (χ0n) is 18.1. The first-order valence-corrected chi connectivity index (χ1v) is 11.5. The number of nitrogen functional groups attached to an aromatic ring is 1. The highest BCUT2D eigenvalue weighted by molar-refractivity contribution is 6.32. The molecule has 35 heavy (non-hydrogen) atoms. The van der Waals surface area contributed by atoms with Gasteiger partial charge in [0.15, 0.2) is 0 Å². The van der Waals surface area contributed by atoms with Gasteiger partial charge in [-0.15, -0.1) is 5.10 Å². The number of aromatic nitrogens is 8. The minimum Gasteiger partial charge on any atom is -0.384 e. The number of anilines is 1. The Morgan fingerprint density at radius 2 is 1.97 bits per heavy atom. The van der Waals surface area contributed by atoms with Crippen molar-refractivity contribution >= 4 is 29.0 Å². The number of imidazole rings is 1. The Morgan fingerprint density at radius 3 is 2.77 bits per heavy atom. The normalized spacial score (nSPS) is 14.9. The SMILES string of the molecule is Nc1ccc(-c2ncc([C@@H]3CCc4cc(-c5cc(Cl)ccc5-n5cnnn5)cc(=O)n43)[nH]2)c(Cl)n1. The van der Waals surface area contributed by atoms with Crippen LogP contribution in [0, 0.1) is 0 Å². The van der Waals surface area contributed by atoms with E-state index in [0.717, 1.165) is 41.0 Å². The van der Waals surface area contributed by atoms with Gasteiger partial charge in [0.25, 0.3) is 5.56 Å². The summed E-state index contributed by atoms with van der Waals surface area (Å²) in [6.07, 6.45) is 4.72. The van der Waals surface area contributed by atoms with Crippen LogP contribution in [-0.4, -0.2) is 39.7 Å². The second kappa shape index (κ2) is 8.33. The Bertz CT molecular complexity index is 1620. The number of tetrazole rings is 1. The molecule has 1 aliphatic rings. The first-order chi connectivity index (χ1) is 17.0. The van der Waals surface area contributed by atoms with E-state index in [1.165, 1.54) is 6.33 Å². The maximum Gasteiger partial charge on any atom is 0.251 e. The molecule has 1 atom stereocenters. The largest absolute Gasteiger partial charge is 0.384 e. The van der Waals surface area contributed by atoms with Crippen molar-refractivity contribution in [3.8, 4) is 28.2 Å². The number of nitrogens with one attached hydrogen (secondary N) is 1. The summed E-state index contributed by atoms with van der Waals surface area (Å²) < 4.78 is 3.34. The van der Waals surface area contributed by atoms with Gasteiger partial charge in [0, 0.05) is 22.3 Å². The van der Waals surface area contributed by atoms with Gasteiger partial charge in [0.05, 0.1) is 29.2 Å². The Hall–Kier alpha value is -4.02. The molecule has 0 radical (unpaired) electrons. The summed E-state index contributed by atoms with van der Waals surface area (Å²) in [5, 5.41) is 12.2. The number of hydrogen-bond donors (Lipinski definition) is 2. The molecular weight excluding hydrogens is 489 g/mol. The van der Waals surface area contributed by atoms with Crippen LogP contribution in [0.1, 0.15) is 23.9 Å². The summed E-state index contributed by atoms with van der Waals surface area (Å²) in [7, 11) is 0. The molecule has 174 valence electrons. The molecular formula is C23H17Cl2N9O. The van der Waals surface area contributed by atoms with Gasteiger partial charge in [-0.2, -0.15) is 4.68 Å². The Labute approximate surface area is 208 Å². The molecule has 12 heteroatoms. The van der Waals surface area contributed by atoms with Gasteiger partial charge in [-0.25, -0.2) is 9.97 Å². The lowest BCUT2D eigenvalue weighted by molar-refractivity contribution is 0.588. The second-order valence-corrected chi connectivity index (χ2v) is 8.97. The van der Waals surface area contributed by atoms with Crippen LogP contribution < -0.4 is 11.3 Å². The molecule has 0 fully saturated rings. The number of hydrogen-bond acceptors (Lipinski definition) is 7. The highest BCUT2D eigenvalue weighted by atomic mass is 35.5. The van der Waals surface area contributed by atoms with E-state index in [1.807, 2.05) is 18.2 Å². The van der Waals surface area contributed by atoms with Gasteiger partial charge in [0.2, 0.25) is 0 Å². The van der Waals surface area contributed by atoms with Crippen molar-refractivity contribution in [3.63, 3.8) is 0 Å². The van der Waals surface area contributed by atoms with E-state index in [2.05, 4.69) is 30.5 Å². The lowest BCUT2D eigenvalue weighted by Crippen LogP contribution is -2.23. The maximum atomic E-state index is 13.3. The number of H-pyrrole nitrogens is 1. The van der Waals surface area contributed by atoms with Gasteiger partial charge in [-0.05, 0) is 65.2 Å². The Balaban J connectivity index is 1.39. The summed E-state index contributed by atoms with van der Waals surface area (Å²) in [6, 6.07) is 12.3. The molecule has 5 aromatic rings. The minimum atomic E-state index is -0.174. The molecule has 0 spiro atoms. The van der Waals surface area contributed by atoms with Gasteiger partial charge < -0.3 is 15.3 Å². The standard InChI is InChI=1S/C23H17Cl2N9O/c24-13-1-4-18(33-11-28-31-32-33)16(9-13)12-7-14-2-5-19(34(14)21(35)8-12)17-10-27-23(29-17)15-3-6-20(26)30-22(15)25/h1,3-4,6-11,19H,2,5H2,(H2,26,30)(H,27,29)/t19-/m0/s1. The smallest absolute Gasteiger partial charge is 0.251 e. The Morgan fingerprint density at radius 1 is 1.09 bits per heavy atom. The lowest BCUT2D eigenvalue weighted by Gasteiger charge is -2.15. The zero-order valence-corrected chi connectivity index (χ0v) is 19.6. The number of benzene rings is 1. The van der Waals surface area contributed by atoms with Gasteiger partial charge in [-0.3, -0.25) is 4.79 Å². The predicted octanol–water partition coefficient (Wildman–Crippen LogP) is 3.70. The molecule has 0 saturated heterocycles. The first kappa shape index (κ1) is 21.5. The molecule has 10 nitrogen and oxygen atoms in total. The average Bonchev–Trinajstić information content (AvgIpc) is 3.59. The average molecular weight is 506 g/mol. The molecule has 0 bridgehead atoms. The fraction of sp³-hybridized carbons (Fsp3) is 0.130. The number of halogens is 2. The fourth-order valence-corrected chi connectivity index (χ4v) is 4.94. The molecule has 3 N–H and O–H groups in total. The van der Waals surface area contributed by atoms with Crippen LogP contribution >= 0.6 is 23.2 Å². The quantitative estimate of drug-likeness (QED) is 0.355. The van der Waals surface area contributed by atoms with Crippen molar-refractivity contribution < 1.29 is 0 Å². The topological polar surface area (TPSA) is 133 Å². The van der Waals surface area contributed by atoms with E-state index in [-0.39, 0.29) is 16.8 Å². The van der Waals surface area contributed by atoms with Crippen LogP contribution in [0.5, 0.6) is 0 Å². The molecule has 1 aromatic carbocycles. The van der Waals surface area contributed by atoms with E-state index in [0.29, 0.717) is 22.2 Å². The van der Waals surface area contributed by atoms with Crippen molar-refractivity contribution in [2.75, 3.05) is 5.73 Å². The third kappa shape index (κ3) is 3.76. The molecule has 0 unspecified atom stereocenters. The lowest BCUT2D eigenvalue weighted by atomic mass is 10.0. The van der Waals surface area contributed by atoms with E-state index in [1.54, 1.807) is 39.7 Å². The molecule has 1 aliphatic heterocycles. The van der Waals surface area contributed by atoms with Crippen LogP contribution in [0.4, 0.5) is 5.82 Å². The van der Waals surface area contributed by atoms with Crippen LogP contribution in [0.2, 0.25) is 10.2 Å². The predicted molar refractivity (Wildman–Crippen MR) is 132 cm³/mol. The third-order valence-electron chi connectivity index (χ3n) is 6.08. The Kier molecular flexibility index (Phi) is 5.12. The molecule has 4 aromatic heterocycles. The monoisotopic (exact) mass is 505 g/mol. The van der Waals surface area contributed by atoms with Crippen LogP contribution in [0.3, 0.4) is 0 Å². The maximum absolute atomic E-state index is 13.3. The van der Waals surface area contributed by atoms with E-state index >= 15 is 0 Å². The van der Waals surface area contributed by atoms with Crippen molar-refractivity contribution in [3.05, 3.63) is 86.9 Å². The van der Waals surface area contributed by atoms with Crippen LogP contribution in [0.15, 0.2) is 59.8 Å². The van der Waals surface area contributed by atoms with Crippen LogP contribution in [0.25, 0.3) is 28.2 Å². The molecule has 0 amide bonds. The van der Waals surface area contributed by atoms with Crippen LogP contribution in [-0.2, 0) is 6.42 Å². The van der Waals surface area contributed by atoms with E-state index in [4.69, 9.17) is 28.9 Å². The first-order valence-electron chi connectivity index (χ1n) is 10.7. The fourth-order valence-electron chi connectivity index (χ4n) is 4.52. The number of fused-ring (bicyclic) bond motifs is 1. The number of nitrogens with two attached hydrogens (primary N) is 1. The summed E-state index contributed by atoms with van der Waals surface area (Å²) >= 11 is 12.5. The molecule has 6 rings (SSSR count). The van der Waals surface area contributed by atoms with Crippen molar-refractivity contribution in [2.24, 2.45) is 0 Å². The number of aryl methyl sites for hydroxylation is 1. The number of nitrogens with zero attached hydrogens (tertiary/aromatic N) is 7. The number of rotatable bonds is 4. The summed E-state index contributed by atoms with van der Waals surface area (Å²) in [6.45, 7) is 0. The highest BCUT2D eigenvalue weighted by Crippen LogP contribution is 2.35. The number of pyridine rings is 2. The number of aromatic amines is 1. The van der Waals surface area contributed by atoms with Crippen molar-refractivity contribution in [1.82, 2.24) is 39.7 Å². The summed E-state index contributed by atoms with van der Waals surface area (Å²) in [5.41, 5.74) is 10.2. The molecule has 5 heterocycles. The summed E-state index contributed by atoms with van der Waals surface area (Å²) in [5.74, 6) is 0.904. The highest BCUT2D eigenvalue weighted by Gasteiger charge is 2.27. The molecule has 0 aliphatic carbocycles. The van der Waals surface area contributed by atoms with Crippen molar-refractivity contribution in [1.29, 1.82) is 0 Å². The summed E-state index contributed by atoms with van der Waals surface area (Å²) in [4.78, 5) is 25.2. The van der Waals surface area contributed by atoms with E-state index < -0.39 is 0 Å². The van der Waals surface area contributed by atoms with E-state index in [9.17, 15) is 4.79 Å². The third-order valence-corrected chi connectivity index (χ3v) is 6.60. The molecule has 0 saturated carbocycles. The zero-order chi connectivity index (χ0) is 24.1. The van der Waals surface area contributed by atoms with Gasteiger partial charge >= 0.3 is 0 Å². The van der Waals surface area contributed by atoms with Gasteiger partial charge in [0.1, 0.15) is 23.1 Å². The van der Waals surface area contributed by atoms with Crippen molar-refractivity contribution in [2.45, 2.75) is 18.9 Å².